The van der Waals surface area contributed by atoms with Crippen molar-refractivity contribution < 1.29 is 5.11 Å². The molecular weight excluding hydrogens is 238 g/mol. The van der Waals surface area contributed by atoms with Crippen LogP contribution in [0.25, 0.3) is 11.0 Å². The lowest BCUT2D eigenvalue weighted by Gasteiger charge is -1.99. The number of benzene rings is 2. The van der Waals surface area contributed by atoms with Gasteiger partial charge in [-0.2, -0.15) is 5.10 Å². The summed E-state index contributed by atoms with van der Waals surface area (Å²) in [5.41, 5.74) is 2.72. The van der Waals surface area contributed by atoms with E-state index in [1.54, 1.807) is 10.9 Å². The fourth-order valence-corrected chi connectivity index (χ4v) is 1.96. The van der Waals surface area contributed by atoms with Crippen molar-refractivity contribution in [3.63, 3.8) is 0 Å². The van der Waals surface area contributed by atoms with Crippen molar-refractivity contribution in [2.45, 2.75) is 6.61 Å². The van der Waals surface area contributed by atoms with E-state index in [2.05, 4.69) is 10.1 Å². The second-order valence-corrected chi connectivity index (χ2v) is 4.14. The van der Waals surface area contributed by atoms with Crippen molar-refractivity contribution in [2.75, 3.05) is 0 Å². The van der Waals surface area contributed by atoms with Crippen LogP contribution < -0.4 is 0 Å². The Morgan fingerprint density at radius 1 is 1.05 bits per heavy atom. The Labute approximate surface area is 110 Å². The predicted molar refractivity (Wildman–Crippen MR) is 75.1 cm³/mol. The molecule has 3 rings (SSSR count). The Morgan fingerprint density at radius 2 is 1.79 bits per heavy atom. The molecule has 1 aromatic heterocycles. The van der Waals surface area contributed by atoms with Crippen molar-refractivity contribution in [1.29, 1.82) is 0 Å². The topological polar surface area (TPSA) is 50.4 Å². The molecular formula is C15H13N3O. The van der Waals surface area contributed by atoms with Gasteiger partial charge in [0.15, 0.2) is 5.82 Å². The maximum absolute atomic E-state index is 9.36. The molecule has 0 saturated heterocycles. The highest BCUT2D eigenvalue weighted by Crippen LogP contribution is 2.15. The normalized spacial score (nSPS) is 11.4. The Balaban J connectivity index is 2.07. The lowest BCUT2D eigenvalue weighted by Crippen LogP contribution is -1.98. The smallest absolute Gasteiger partial charge is 0.156 e. The first-order valence-electron chi connectivity index (χ1n) is 6.05. The van der Waals surface area contributed by atoms with Gasteiger partial charge in [0.05, 0.1) is 17.2 Å². The van der Waals surface area contributed by atoms with Crippen molar-refractivity contribution in [2.24, 2.45) is 5.10 Å². The number of aromatic nitrogens is 2. The fraction of sp³-hybridized carbons (Fsp3) is 0.0667. The van der Waals surface area contributed by atoms with Gasteiger partial charge in [-0.3, -0.25) is 0 Å². The van der Waals surface area contributed by atoms with E-state index in [0.717, 1.165) is 16.6 Å². The highest BCUT2D eigenvalue weighted by Gasteiger charge is 2.07. The molecule has 4 heteroatoms. The third kappa shape index (κ3) is 2.26. The van der Waals surface area contributed by atoms with E-state index in [-0.39, 0.29) is 6.61 Å². The van der Waals surface area contributed by atoms with Gasteiger partial charge in [-0.05, 0) is 17.7 Å². The number of para-hydroxylation sites is 2. The van der Waals surface area contributed by atoms with Crippen molar-refractivity contribution >= 4 is 17.2 Å². The zero-order valence-electron chi connectivity index (χ0n) is 10.3. The summed E-state index contributed by atoms with van der Waals surface area (Å²) in [7, 11) is 0. The summed E-state index contributed by atoms with van der Waals surface area (Å²) in [5, 5.41) is 13.8. The zero-order valence-corrected chi connectivity index (χ0v) is 10.3. The van der Waals surface area contributed by atoms with Crippen LogP contribution in [0, 0.1) is 0 Å². The molecule has 0 aliphatic rings. The highest BCUT2D eigenvalue weighted by atomic mass is 16.3. The van der Waals surface area contributed by atoms with Crippen LogP contribution in [0.15, 0.2) is 59.7 Å². The Kier molecular flexibility index (Phi) is 3.08. The van der Waals surface area contributed by atoms with Gasteiger partial charge in [0.2, 0.25) is 0 Å². The monoisotopic (exact) mass is 251 g/mol. The maximum Gasteiger partial charge on any atom is 0.156 e. The molecule has 4 nitrogen and oxygen atoms in total. The van der Waals surface area contributed by atoms with Crippen LogP contribution in [-0.4, -0.2) is 21.0 Å². The van der Waals surface area contributed by atoms with Crippen molar-refractivity contribution in [3.8, 4) is 0 Å². The van der Waals surface area contributed by atoms with Crippen molar-refractivity contribution in [1.82, 2.24) is 9.66 Å². The van der Waals surface area contributed by atoms with Crippen LogP contribution in [-0.2, 0) is 6.61 Å². The molecule has 3 aromatic rings. The molecule has 0 amide bonds. The first kappa shape index (κ1) is 11.6. The van der Waals surface area contributed by atoms with E-state index in [0.29, 0.717) is 5.82 Å². The number of hydrogen-bond donors (Lipinski definition) is 1. The largest absolute Gasteiger partial charge is 0.388 e. The Bertz CT molecular complexity index is 717. The van der Waals surface area contributed by atoms with Gasteiger partial charge < -0.3 is 5.11 Å². The van der Waals surface area contributed by atoms with Gasteiger partial charge in [-0.25, -0.2) is 9.66 Å². The van der Waals surface area contributed by atoms with Crippen LogP contribution in [0.2, 0.25) is 0 Å². The van der Waals surface area contributed by atoms with Gasteiger partial charge in [0.25, 0.3) is 0 Å². The van der Waals surface area contributed by atoms with E-state index in [1.165, 1.54) is 0 Å². The molecule has 0 spiro atoms. The number of aliphatic hydroxyl groups is 1. The van der Waals surface area contributed by atoms with E-state index >= 15 is 0 Å². The third-order valence-corrected chi connectivity index (χ3v) is 2.87. The van der Waals surface area contributed by atoms with E-state index in [4.69, 9.17) is 0 Å². The number of imidazole rings is 1. The predicted octanol–water partition coefficient (Wildman–Crippen LogP) is 2.41. The summed E-state index contributed by atoms with van der Waals surface area (Å²) in [6.45, 7) is -0.138. The third-order valence-electron chi connectivity index (χ3n) is 2.87. The van der Waals surface area contributed by atoms with Crippen LogP contribution in [0.5, 0.6) is 0 Å². The van der Waals surface area contributed by atoms with Gasteiger partial charge in [0.1, 0.15) is 6.61 Å². The molecule has 0 aliphatic heterocycles. The van der Waals surface area contributed by atoms with Crippen LogP contribution in [0.4, 0.5) is 0 Å². The second kappa shape index (κ2) is 5.04. The Hall–Kier alpha value is -2.46. The number of aliphatic hydroxyl groups excluding tert-OH is 1. The minimum absolute atomic E-state index is 0.138. The average Bonchev–Trinajstić information content (AvgIpc) is 2.84. The quantitative estimate of drug-likeness (QED) is 0.727. The molecule has 0 aliphatic carbocycles. The SMILES string of the molecule is OCc1nc2ccccc2n1/N=C/c1ccccc1. The minimum atomic E-state index is -0.138. The van der Waals surface area contributed by atoms with Gasteiger partial charge in [-0.1, -0.05) is 42.5 Å². The molecule has 2 aromatic carbocycles. The van der Waals surface area contributed by atoms with Gasteiger partial charge >= 0.3 is 0 Å². The molecule has 0 bridgehead atoms. The molecule has 0 saturated carbocycles. The lowest BCUT2D eigenvalue weighted by molar-refractivity contribution is 0.267. The summed E-state index contributed by atoms with van der Waals surface area (Å²) in [6.07, 6.45) is 1.76. The number of nitrogens with zero attached hydrogens (tertiary/aromatic N) is 3. The van der Waals surface area contributed by atoms with E-state index in [9.17, 15) is 5.11 Å². The number of rotatable bonds is 3. The summed E-state index contributed by atoms with van der Waals surface area (Å²) in [5.74, 6) is 0.536. The standard InChI is InChI=1S/C15H13N3O/c19-11-15-17-13-8-4-5-9-14(13)18(15)16-10-12-6-2-1-3-7-12/h1-10,19H,11H2/b16-10+. The average molecular weight is 251 g/mol. The minimum Gasteiger partial charge on any atom is -0.388 e. The Morgan fingerprint density at radius 3 is 2.58 bits per heavy atom. The summed E-state index contributed by atoms with van der Waals surface area (Å²) >= 11 is 0. The van der Waals surface area contributed by atoms with Gasteiger partial charge in [-0.15, -0.1) is 0 Å². The number of hydrogen-bond acceptors (Lipinski definition) is 3. The van der Waals surface area contributed by atoms with Crippen LogP contribution in [0.1, 0.15) is 11.4 Å². The molecule has 0 fully saturated rings. The lowest BCUT2D eigenvalue weighted by atomic mass is 10.2. The van der Waals surface area contributed by atoms with Crippen LogP contribution in [0.3, 0.4) is 0 Å². The number of fused-ring (bicyclic) bond motifs is 1. The molecule has 1 heterocycles. The summed E-state index contributed by atoms with van der Waals surface area (Å²) < 4.78 is 1.67. The maximum atomic E-state index is 9.36. The first-order chi connectivity index (χ1) is 9.38. The molecule has 0 unspecified atom stereocenters. The zero-order chi connectivity index (χ0) is 13.1. The van der Waals surface area contributed by atoms with E-state index in [1.807, 2.05) is 54.6 Å². The van der Waals surface area contributed by atoms with Crippen LogP contribution >= 0.6 is 0 Å². The first-order valence-corrected chi connectivity index (χ1v) is 6.05. The summed E-state index contributed by atoms with van der Waals surface area (Å²) in [4.78, 5) is 4.34. The molecule has 1 N–H and O–H groups in total. The summed E-state index contributed by atoms with van der Waals surface area (Å²) in [6, 6.07) is 17.5. The van der Waals surface area contributed by atoms with Gasteiger partial charge in [0, 0.05) is 0 Å². The van der Waals surface area contributed by atoms with E-state index < -0.39 is 0 Å². The molecule has 0 atom stereocenters. The molecule has 0 radical (unpaired) electrons. The van der Waals surface area contributed by atoms with Crippen molar-refractivity contribution in [3.05, 3.63) is 66.0 Å². The highest BCUT2D eigenvalue weighted by molar-refractivity contribution is 5.81. The molecule has 19 heavy (non-hydrogen) atoms. The fourth-order valence-electron chi connectivity index (χ4n) is 1.96. The second-order valence-electron chi connectivity index (χ2n) is 4.14. The molecule has 94 valence electrons.